The summed E-state index contributed by atoms with van der Waals surface area (Å²) in [5.74, 6) is -0.311. The lowest BCUT2D eigenvalue weighted by atomic mass is 9.84. The number of hydrogen-bond donors (Lipinski definition) is 2. The summed E-state index contributed by atoms with van der Waals surface area (Å²) in [6.45, 7) is 4.72. The van der Waals surface area contributed by atoms with Crippen LogP contribution in [0.1, 0.15) is 19.4 Å². The van der Waals surface area contributed by atoms with Crippen LogP contribution in [-0.4, -0.2) is 26.0 Å². The first-order valence-corrected chi connectivity index (χ1v) is 5.63. The molecule has 4 heteroatoms. The molecule has 0 aromatic heterocycles. The molecule has 1 aromatic rings. The van der Waals surface area contributed by atoms with E-state index >= 15 is 0 Å². The fourth-order valence-electron chi connectivity index (χ4n) is 1.55. The van der Waals surface area contributed by atoms with Crippen LogP contribution in [0.2, 0.25) is 0 Å². The third-order valence-electron chi connectivity index (χ3n) is 2.67. The molecular formula is C13H19FN2O. The van der Waals surface area contributed by atoms with E-state index < -0.39 is 0 Å². The quantitative estimate of drug-likeness (QED) is 0.815. The molecule has 0 aliphatic heterocycles. The molecule has 1 amide bonds. The van der Waals surface area contributed by atoms with Gasteiger partial charge < -0.3 is 10.6 Å². The van der Waals surface area contributed by atoms with Crippen LogP contribution in [0.3, 0.4) is 0 Å². The Labute approximate surface area is 101 Å². The van der Waals surface area contributed by atoms with Crippen LogP contribution in [0.5, 0.6) is 0 Å². The van der Waals surface area contributed by atoms with E-state index in [2.05, 4.69) is 10.6 Å². The number of carbonyl (C=O) groups is 1. The molecule has 0 bridgehead atoms. The second-order valence-corrected chi connectivity index (χ2v) is 4.70. The normalized spacial score (nSPS) is 11.3. The third-order valence-corrected chi connectivity index (χ3v) is 2.67. The zero-order valence-corrected chi connectivity index (χ0v) is 10.5. The van der Waals surface area contributed by atoms with E-state index in [1.165, 1.54) is 12.1 Å². The number of amides is 1. The van der Waals surface area contributed by atoms with Crippen molar-refractivity contribution in [2.45, 2.75) is 19.3 Å². The zero-order chi connectivity index (χ0) is 12.9. The molecule has 1 aromatic carbocycles. The highest BCUT2D eigenvalue weighted by atomic mass is 19.1. The van der Waals surface area contributed by atoms with E-state index in [1.54, 1.807) is 13.1 Å². The Morgan fingerprint density at radius 3 is 2.71 bits per heavy atom. The molecule has 1 rings (SSSR count). The van der Waals surface area contributed by atoms with Gasteiger partial charge >= 0.3 is 0 Å². The van der Waals surface area contributed by atoms with Gasteiger partial charge in [-0.3, -0.25) is 4.79 Å². The number of nitrogens with one attached hydrogen (secondary N) is 2. The highest BCUT2D eigenvalue weighted by Gasteiger charge is 2.21. The summed E-state index contributed by atoms with van der Waals surface area (Å²) < 4.78 is 13.1. The van der Waals surface area contributed by atoms with Crippen molar-refractivity contribution in [2.24, 2.45) is 0 Å². The fourth-order valence-corrected chi connectivity index (χ4v) is 1.55. The van der Waals surface area contributed by atoms with Crippen molar-refractivity contribution in [2.75, 3.05) is 20.1 Å². The maximum Gasteiger partial charge on any atom is 0.233 e. The average molecular weight is 238 g/mol. The molecule has 2 N–H and O–H groups in total. The molecule has 0 spiro atoms. The summed E-state index contributed by atoms with van der Waals surface area (Å²) >= 11 is 0. The predicted octanol–water partition coefficient (Wildman–Crippen LogP) is 1.44. The van der Waals surface area contributed by atoms with Crippen molar-refractivity contribution in [1.29, 1.82) is 0 Å². The van der Waals surface area contributed by atoms with E-state index in [9.17, 15) is 9.18 Å². The number of hydrogen-bond acceptors (Lipinski definition) is 2. The van der Waals surface area contributed by atoms with Crippen molar-refractivity contribution >= 4 is 5.91 Å². The molecule has 0 saturated carbocycles. The van der Waals surface area contributed by atoms with Crippen LogP contribution in [0.4, 0.5) is 4.39 Å². The first-order chi connectivity index (χ1) is 7.95. The number of rotatable bonds is 5. The number of carbonyl (C=O) groups excluding carboxylic acids is 1. The Morgan fingerprint density at radius 2 is 2.12 bits per heavy atom. The summed E-state index contributed by atoms with van der Waals surface area (Å²) in [7, 11) is 1.72. The predicted molar refractivity (Wildman–Crippen MR) is 66.4 cm³/mol. The second kappa shape index (κ2) is 5.77. The molecule has 0 unspecified atom stereocenters. The molecule has 0 heterocycles. The largest absolute Gasteiger partial charge is 0.354 e. The Morgan fingerprint density at radius 1 is 1.41 bits per heavy atom. The van der Waals surface area contributed by atoms with Crippen molar-refractivity contribution < 1.29 is 9.18 Å². The highest BCUT2D eigenvalue weighted by Crippen LogP contribution is 2.22. The standard InChI is InChI=1S/C13H19FN2O/c1-13(2,9-16-12(17)8-15-3)10-5-4-6-11(14)7-10/h4-7,15H,8-9H2,1-3H3,(H,16,17). The van der Waals surface area contributed by atoms with Gasteiger partial charge in [0.15, 0.2) is 0 Å². The average Bonchev–Trinajstić information content (AvgIpc) is 2.27. The summed E-state index contributed by atoms with van der Waals surface area (Å²) in [6, 6.07) is 6.47. The molecular weight excluding hydrogens is 219 g/mol. The monoisotopic (exact) mass is 238 g/mol. The van der Waals surface area contributed by atoms with Gasteiger partial charge in [0.25, 0.3) is 0 Å². The van der Waals surface area contributed by atoms with Crippen molar-refractivity contribution in [3.63, 3.8) is 0 Å². The third kappa shape index (κ3) is 4.15. The highest BCUT2D eigenvalue weighted by molar-refractivity contribution is 5.78. The van der Waals surface area contributed by atoms with Gasteiger partial charge in [-0.15, -0.1) is 0 Å². The Hall–Kier alpha value is -1.42. The fraction of sp³-hybridized carbons (Fsp3) is 0.462. The van der Waals surface area contributed by atoms with Gasteiger partial charge in [-0.2, -0.15) is 0 Å². The van der Waals surface area contributed by atoms with Crippen molar-refractivity contribution in [3.05, 3.63) is 35.6 Å². The van der Waals surface area contributed by atoms with Gasteiger partial charge in [0, 0.05) is 12.0 Å². The minimum Gasteiger partial charge on any atom is -0.354 e. The number of likely N-dealkylation sites (N-methyl/N-ethyl adjacent to an activating group) is 1. The SMILES string of the molecule is CNCC(=O)NCC(C)(C)c1cccc(F)c1. The maximum atomic E-state index is 13.1. The van der Waals surface area contributed by atoms with E-state index in [0.717, 1.165) is 5.56 Å². The van der Waals surface area contributed by atoms with Gasteiger partial charge in [0.1, 0.15) is 5.82 Å². The minimum atomic E-state index is -0.286. The van der Waals surface area contributed by atoms with Gasteiger partial charge in [-0.1, -0.05) is 26.0 Å². The molecule has 0 saturated heterocycles. The van der Waals surface area contributed by atoms with Crippen LogP contribution >= 0.6 is 0 Å². The lowest BCUT2D eigenvalue weighted by Crippen LogP contribution is -2.40. The van der Waals surface area contributed by atoms with Crippen LogP contribution < -0.4 is 10.6 Å². The van der Waals surface area contributed by atoms with Gasteiger partial charge in [-0.25, -0.2) is 4.39 Å². The Kier molecular flexibility index (Phi) is 4.63. The summed E-state index contributed by atoms with van der Waals surface area (Å²) in [4.78, 5) is 11.3. The smallest absolute Gasteiger partial charge is 0.233 e. The molecule has 0 aliphatic carbocycles. The van der Waals surface area contributed by atoms with E-state index in [-0.39, 0.29) is 17.1 Å². The van der Waals surface area contributed by atoms with Crippen LogP contribution in [0.25, 0.3) is 0 Å². The molecule has 0 radical (unpaired) electrons. The van der Waals surface area contributed by atoms with Crippen molar-refractivity contribution in [3.8, 4) is 0 Å². The molecule has 17 heavy (non-hydrogen) atoms. The topological polar surface area (TPSA) is 41.1 Å². The molecule has 0 aliphatic rings. The van der Waals surface area contributed by atoms with E-state index in [0.29, 0.717) is 13.1 Å². The first kappa shape index (κ1) is 13.6. The number of halogens is 1. The second-order valence-electron chi connectivity index (χ2n) is 4.70. The van der Waals surface area contributed by atoms with Gasteiger partial charge in [0.2, 0.25) is 5.91 Å². The Balaban J connectivity index is 2.65. The molecule has 0 fully saturated rings. The minimum absolute atomic E-state index is 0.0584. The summed E-state index contributed by atoms with van der Waals surface area (Å²) in [5.41, 5.74) is 0.591. The van der Waals surface area contributed by atoms with Gasteiger partial charge in [0.05, 0.1) is 6.54 Å². The van der Waals surface area contributed by atoms with Crippen molar-refractivity contribution in [1.82, 2.24) is 10.6 Å². The maximum absolute atomic E-state index is 13.1. The van der Waals surface area contributed by atoms with E-state index in [4.69, 9.17) is 0 Å². The lowest BCUT2D eigenvalue weighted by molar-refractivity contribution is -0.120. The Bertz CT molecular complexity index is 391. The van der Waals surface area contributed by atoms with Crippen LogP contribution in [0, 0.1) is 5.82 Å². The summed E-state index contributed by atoms with van der Waals surface area (Å²) in [6.07, 6.45) is 0. The number of benzene rings is 1. The zero-order valence-electron chi connectivity index (χ0n) is 10.5. The molecule has 94 valence electrons. The van der Waals surface area contributed by atoms with E-state index in [1.807, 2.05) is 19.9 Å². The van der Waals surface area contributed by atoms with Gasteiger partial charge in [-0.05, 0) is 24.7 Å². The van der Waals surface area contributed by atoms with Crippen LogP contribution in [0.15, 0.2) is 24.3 Å². The lowest BCUT2D eigenvalue weighted by Gasteiger charge is -2.25. The first-order valence-electron chi connectivity index (χ1n) is 5.63. The van der Waals surface area contributed by atoms with Crippen LogP contribution in [-0.2, 0) is 10.2 Å². The molecule has 3 nitrogen and oxygen atoms in total. The summed E-state index contributed by atoms with van der Waals surface area (Å²) in [5, 5.41) is 5.60. The molecule has 0 atom stereocenters.